The molecule has 0 amide bonds. The maximum atomic E-state index is 12.4. The Morgan fingerprint density at radius 3 is 2.88 bits per heavy atom. The molecule has 2 heterocycles. The van der Waals surface area contributed by atoms with Crippen LogP contribution >= 0.6 is 11.3 Å². The lowest BCUT2D eigenvalue weighted by Crippen LogP contribution is -2.10. The van der Waals surface area contributed by atoms with E-state index in [0.29, 0.717) is 11.7 Å². The Labute approximate surface area is 99.4 Å². The van der Waals surface area contributed by atoms with Crippen molar-refractivity contribution in [3.63, 3.8) is 0 Å². The van der Waals surface area contributed by atoms with Gasteiger partial charge in [0, 0.05) is 5.56 Å². The molecule has 4 nitrogen and oxygen atoms in total. The average Bonchev–Trinajstić information content (AvgIpc) is 2.95. The number of para-hydroxylation sites is 1. The van der Waals surface area contributed by atoms with E-state index >= 15 is 0 Å². The van der Waals surface area contributed by atoms with Gasteiger partial charge in [-0.1, -0.05) is 29.5 Å². The van der Waals surface area contributed by atoms with Gasteiger partial charge in [-0.3, -0.25) is 4.84 Å². The van der Waals surface area contributed by atoms with E-state index in [2.05, 4.69) is 10.2 Å². The minimum atomic E-state index is -2.60. The molecule has 0 fully saturated rings. The van der Waals surface area contributed by atoms with Crippen LogP contribution in [0.2, 0.25) is 0 Å². The molecule has 88 valence electrons. The van der Waals surface area contributed by atoms with Gasteiger partial charge in [-0.05, 0) is 6.07 Å². The molecule has 1 aromatic carbocycles. The lowest BCUT2D eigenvalue weighted by Gasteiger charge is -2.12. The molecular weight excluding hydrogens is 248 g/mol. The number of aromatic nitrogens is 2. The molecule has 0 N–H and O–H groups in total. The second-order valence-electron chi connectivity index (χ2n) is 3.42. The van der Waals surface area contributed by atoms with Gasteiger partial charge in [0.2, 0.25) is 5.13 Å². The number of rotatable bonds is 2. The van der Waals surface area contributed by atoms with E-state index in [9.17, 15) is 8.78 Å². The van der Waals surface area contributed by atoms with Crippen LogP contribution in [0.15, 0.2) is 24.3 Å². The number of halogens is 2. The third-order valence-corrected chi connectivity index (χ3v) is 3.25. The Morgan fingerprint density at radius 2 is 2.12 bits per heavy atom. The van der Waals surface area contributed by atoms with Crippen LogP contribution in [0.5, 0.6) is 0 Å². The van der Waals surface area contributed by atoms with Crippen molar-refractivity contribution >= 4 is 22.2 Å². The van der Waals surface area contributed by atoms with Gasteiger partial charge < -0.3 is 0 Å². The summed E-state index contributed by atoms with van der Waals surface area (Å²) in [6, 6.07) is 7.53. The van der Waals surface area contributed by atoms with Crippen molar-refractivity contribution in [3.05, 3.63) is 34.8 Å². The van der Waals surface area contributed by atoms with Crippen molar-refractivity contribution in [2.45, 2.75) is 13.0 Å². The summed E-state index contributed by atoms with van der Waals surface area (Å²) in [5.74, 6) is 0. The molecule has 1 aliphatic heterocycles. The number of fused-ring (bicyclic) bond motifs is 1. The summed E-state index contributed by atoms with van der Waals surface area (Å²) in [6.45, 7) is 0.416. The second kappa shape index (κ2) is 4.01. The molecule has 0 saturated carbocycles. The third kappa shape index (κ3) is 1.77. The van der Waals surface area contributed by atoms with E-state index in [-0.39, 0.29) is 5.01 Å². The molecule has 7 heteroatoms. The standard InChI is InChI=1S/C10H7F2N3OS/c11-8(12)9-13-14-10(17-9)15-7-4-2-1-3-6(7)5-16-15/h1-4,8H,5H2. The van der Waals surface area contributed by atoms with Crippen LogP contribution in [0.25, 0.3) is 0 Å². The average molecular weight is 255 g/mol. The predicted octanol–water partition coefficient (Wildman–Crippen LogP) is 3.06. The highest BCUT2D eigenvalue weighted by atomic mass is 32.1. The Balaban J connectivity index is 1.95. The van der Waals surface area contributed by atoms with Crippen LogP contribution in [0.4, 0.5) is 19.6 Å². The van der Waals surface area contributed by atoms with Gasteiger partial charge in [0.05, 0.1) is 5.69 Å². The normalized spacial score (nSPS) is 14.4. The Hall–Kier alpha value is -1.60. The SMILES string of the molecule is FC(F)c1nnc(N2OCc3ccccc32)s1. The maximum Gasteiger partial charge on any atom is 0.291 e. The van der Waals surface area contributed by atoms with Crippen LogP contribution in [0.3, 0.4) is 0 Å². The molecule has 0 saturated heterocycles. The third-order valence-electron chi connectivity index (χ3n) is 2.35. The first-order valence-electron chi connectivity index (χ1n) is 4.88. The number of hydrogen-bond donors (Lipinski definition) is 0. The first-order valence-corrected chi connectivity index (χ1v) is 5.70. The van der Waals surface area contributed by atoms with E-state index in [1.807, 2.05) is 24.3 Å². The summed E-state index contributed by atoms with van der Waals surface area (Å²) in [4.78, 5) is 5.40. The molecule has 0 radical (unpaired) electrons. The molecule has 0 spiro atoms. The molecule has 1 aromatic heterocycles. The highest BCUT2D eigenvalue weighted by molar-refractivity contribution is 7.15. The lowest BCUT2D eigenvalue weighted by molar-refractivity contribution is 0.144. The van der Waals surface area contributed by atoms with E-state index in [0.717, 1.165) is 22.6 Å². The van der Waals surface area contributed by atoms with Crippen molar-refractivity contribution < 1.29 is 13.6 Å². The quantitative estimate of drug-likeness (QED) is 0.826. The Kier molecular flexibility index (Phi) is 2.49. The topological polar surface area (TPSA) is 38.2 Å². The maximum absolute atomic E-state index is 12.4. The largest absolute Gasteiger partial charge is 0.291 e. The summed E-state index contributed by atoms with van der Waals surface area (Å²) in [7, 11) is 0. The summed E-state index contributed by atoms with van der Waals surface area (Å²) in [5, 5.41) is 8.61. The summed E-state index contributed by atoms with van der Waals surface area (Å²) in [6.07, 6.45) is -2.60. The zero-order valence-corrected chi connectivity index (χ0v) is 9.32. The number of anilines is 2. The first kappa shape index (κ1) is 10.5. The summed E-state index contributed by atoms with van der Waals surface area (Å²) >= 11 is 0.831. The fourth-order valence-corrected chi connectivity index (χ4v) is 2.26. The molecule has 0 atom stereocenters. The molecule has 0 unspecified atom stereocenters. The lowest BCUT2D eigenvalue weighted by atomic mass is 10.2. The summed E-state index contributed by atoms with van der Waals surface area (Å²) < 4.78 is 24.8. The molecule has 0 aliphatic carbocycles. The van der Waals surface area contributed by atoms with Crippen LogP contribution in [0, 0.1) is 0 Å². The Morgan fingerprint density at radius 1 is 1.29 bits per heavy atom. The van der Waals surface area contributed by atoms with Crippen LogP contribution in [0.1, 0.15) is 17.0 Å². The second-order valence-corrected chi connectivity index (χ2v) is 4.41. The summed E-state index contributed by atoms with van der Waals surface area (Å²) in [5.41, 5.74) is 1.82. The van der Waals surface area contributed by atoms with Gasteiger partial charge in [-0.15, -0.1) is 10.2 Å². The van der Waals surface area contributed by atoms with E-state index in [4.69, 9.17) is 4.84 Å². The Bertz CT molecular complexity index is 546. The monoisotopic (exact) mass is 255 g/mol. The van der Waals surface area contributed by atoms with Crippen LogP contribution in [-0.4, -0.2) is 10.2 Å². The molecule has 17 heavy (non-hydrogen) atoms. The minimum absolute atomic E-state index is 0.298. The molecule has 0 bridgehead atoms. The van der Waals surface area contributed by atoms with E-state index in [1.54, 1.807) is 0 Å². The van der Waals surface area contributed by atoms with Crippen molar-refractivity contribution in [3.8, 4) is 0 Å². The highest BCUT2D eigenvalue weighted by Gasteiger charge is 2.25. The molecule has 1 aliphatic rings. The van der Waals surface area contributed by atoms with Crippen LogP contribution in [-0.2, 0) is 11.4 Å². The van der Waals surface area contributed by atoms with Gasteiger partial charge in [0.25, 0.3) is 6.43 Å². The van der Waals surface area contributed by atoms with Gasteiger partial charge >= 0.3 is 0 Å². The number of nitrogens with zero attached hydrogens (tertiary/aromatic N) is 3. The molecule has 2 aromatic rings. The van der Waals surface area contributed by atoms with Gasteiger partial charge in [-0.25, -0.2) is 8.78 Å². The number of benzene rings is 1. The highest BCUT2D eigenvalue weighted by Crippen LogP contribution is 2.37. The van der Waals surface area contributed by atoms with Gasteiger partial charge in [0.1, 0.15) is 6.61 Å². The smallest absolute Gasteiger partial charge is 0.261 e. The van der Waals surface area contributed by atoms with E-state index in [1.165, 1.54) is 5.06 Å². The van der Waals surface area contributed by atoms with Crippen molar-refractivity contribution in [2.24, 2.45) is 0 Å². The zero-order valence-electron chi connectivity index (χ0n) is 8.51. The van der Waals surface area contributed by atoms with Crippen molar-refractivity contribution in [1.82, 2.24) is 10.2 Å². The fourth-order valence-electron chi connectivity index (χ4n) is 1.59. The van der Waals surface area contributed by atoms with Crippen LogP contribution < -0.4 is 5.06 Å². The number of alkyl halides is 2. The van der Waals surface area contributed by atoms with Gasteiger partial charge in [-0.2, -0.15) is 5.06 Å². The van der Waals surface area contributed by atoms with Crippen molar-refractivity contribution in [2.75, 3.05) is 5.06 Å². The molecular formula is C10H7F2N3OS. The fraction of sp³-hybridized carbons (Fsp3) is 0.200. The molecule has 3 rings (SSSR count). The zero-order chi connectivity index (χ0) is 11.8. The minimum Gasteiger partial charge on any atom is -0.261 e. The van der Waals surface area contributed by atoms with Gasteiger partial charge in [0.15, 0.2) is 5.01 Å². The predicted molar refractivity (Wildman–Crippen MR) is 58.2 cm³/mol. The first-order chi connectivity index (χ1) is 8.25. The number of hydrogen-bond acceptors (Lipinski definition) is 5. The van der Waals surface area contributed by atoms with E-state index < -0.39 is 6.43 Å². The van der Waals surface area contributed by atoms with Crippen molar-refractivity contribution in [1.29, 1.82) is 0 Å².